The van der Waals surface area contributed by atoms with E-state index >= 15 is 0 Å². The van der Waals surface area contributed by atoms with Gasteiger partial charge in [0.2, 0.25) is 5.91 Å². The third-order valence-corrected chi connectivity index (χ3v) is 7.99. The minimum atomic E-state index is -1.28. The Bertz CT molecular complexity index is 1750. The molecule has 0 unspecified atom stereocenters. The number of carbonyl (C=O) groups is 2. The topological polar surface area (TPSA) is 190 Å². The van der Waals surface area contributed by atoms with E-state index in [1.54, 1.807) is 4.57 Å². The monoisotopic (exact) mass is 612 g/mol. The molecular weight excluding hydrogens is 580 g/mol. The number of hydrogen-bond acceptors (Lipinski definition) is 11. The zero-order chi connectivity index (χ0) is 31.5. The molecule has 1 saturated carbocycles. The van der Waals surface area contributed by atoms with Crippen LogP contribution in [0.15, 0.2) is 79.4 Å². The normalized spacial score (nSPS) is 19.6. The Morgan fingerprint density at radius 2 is 1.71 bits per heavy atom. The zero-order valence-corrected chi connectivity index (χ0v) is 24.3. The summed E-state index contributed by atoms with van der Waals surface area (Å²) in [7, 11) is 1.27. The van der Waals surface area contributed by atoms with E-state index in [0.717, 1.165) is 11.1 Å². The fourth-order valence-corrected chi connectivity index (χ4v) is 5.71. The van der Waals surface area contributed by atoms with E-state index in [1.165, 1.54) is 30.5 Å². The third kappa shape index (κ3) is 5.98. The number of carbonyl (C=O) groups excluding carboxylic acids is 2. The second kappa shape index (κ2) is 12.8. The zero-order valence-electron chi connectivity index (χ0n) is 24.3. The molecule has 0 radical (unpaired) electrons. The molecule has 1 amide bonds. The summed E-state index contributed by atoms with van der Waals surface area (Å²) in [6.07, 6.45) is 1.89. The lowest BCUT2D eigenvalue weighted by molar-refractivity contribution is -0.125. The van der Waals surface area contributed by atoms with E-state index < -0.39 is 42.8 Å². The second-order valence-electron chi connectivity index (χ2n) is 10.7. The Balaban J connectivity index is 1.40. The molecule has 14 heteroatoms. The van der Waals surface area contributed by atoms with Gasteiger partial charge in [-0.2, -0.15) is 15.1 Å². The summed E-state index contributed by atoms with van der Waals surface area (Å²) in [6.45, 7) is -0.299. The Kier molecular flexibility index (Phi) is 8.51. The summed E-state index contributed by atoms with van der Waals surface area (Å²) in [5.41, 5.74) is 3.14. The third-order valence-electron chi connectivity index (χ3n) is 7.99. The molecule has 3 aromatic heterocycles. The van der Waals surface area contributed by atoms with Gasteiger partial charge in [0.05, 0.1) is 37.3 Å². The Morgan fingerprint density at radius 1 is 1.02 bits per heavy atom. The van der Waals surface area contributed by atoms with Crippen LogP contribution in [0, 0.1) is 0 Å². The Hall–Kier alpha value is -5.18. The smallest absolute Gasteiger partial charge is 0.341 e. The summed E-state index contributed by atoms with van der Waals surface area (Å²) >= 11 is 0. The van der Waals surface area contributed by atoms with Crippen LogP contribution in [-0.4, -0.2) is 95.0 Å². The molecular formula is C31H32N8O6. The number of rotatable bonds is 10. The first-order chi connectivity index (χ1) is 21.9. The summed E-state index contributed by atoms with van der Waals surface area (Å²) in [5, 5.41) is 41.1. The van der Waals surface area contributed by atoms with Gasteiger partial charge in [-0.1, -0.05) is 60.7 Å². The molecule has 0 aliphatic heterocycles. The van der Waals surface area contributed by atoms with E-state index in [2.05, 4.69) is 45.0 Å². The molecule has 232 valence electrons. The van der Waals surface area contributed by atoms with Crippen molar-refractivity contribution in [2.24, 2.45) is 0 Å². The average molecular weight is 613 g/mol. The Morgan fingerprint density at radius 3 is 2.36 bits per heavy atom. The summed E-state index contributed by atoms with van der Waals surface area (Å²) in [4.78, 5) is 38.0. The lowest BCUT2D eigenvalue weighted by atomic mass is 9.91. The fourth-order valence-electron chi connectivity index (χ4n) is 5.71. The molecule has 1 fully saturated rings. The summed E-state index contributed by atoms with van der Waals surface area (Å²) in [5.74, 6) is -0.764. The van der Waals surface area contributed by atoms with Crippen molar-refractivity contribution in [1.29, 1.82) is 0 Å². The number of hydrogen-bond donors (Lipinski definition) is 5. The molecule has 2 aromatic carbocycles. The van der Waals surface area contributed by atoms with Crippen LogP contribution in [0.1, 0.15) is 39.9 Å². The number of amides is 1. The van der Waals surface area contributed by atoms with E-state index in [0.29, 0.717) is 23.5 Å². The summed E-state index contributed by atoms with van der Waals surface area (Å²) < 4.78 is 7.78. The van der Waals surface area contributed by atoms with Crippen molar-refractivity contribution in [2.75, 3.05) is 25.6 Å². The highest BCUT2D eigenvalue weighted by Gasteiger charge is 2.44. The lowest BCUT2D eigenvalue weighted by Gasteiger charge is -2.20. The molecule has 4 atom stereocenters. The highest BCUT2D eigenvalue weighted by Crippen LogP contribution is 2.35. The largest absolute Gasteiger partial charge is 0.465 e. The van der Waals surface area contributed by atoms with Crippen molar-refractivity contribution >= 4 is 28.9 Å². The molecule has 45 heavy (non-hydrogen) atoms. The quantitative estimate of drug-likeness (QED) is 0.142. The molecule has 6 rings (SSSR count). The number of aromatic nitrogens is 6. The molecule has 1 aliphatic rings. The molecule has 5 N–H and O–H groups in total. The maximum atomic E-state index is 12.1. The highest BCUT2D eigenvalue weighted by molar-refractivity contribution is 5.89. The lowest BCUT2D eigenvalue weighted by Crippen LogP contribution is -2.44. The number of anilines is 1. The fraction of sp³-hybridized carbons (Fsp3) is 0.290. The number of nitrogens with zero attached hydrogens (tertiary/aromatic N) is 6. The minimum Gasteiger partial charge on any atom is -0.465 e. The van der Waals surface area contributed by atoms with Gasteiger partial charge in [-0.25, -0.2) is 14.5 Å². The number of fused-ring (bicyclic) bond motifs is 1. The first kappa shape index (κ1) is 29.9. The molecule has 14 nitrogen and oxygen atoms in total. The van der Waals surface area contributed by atoms with Gasteiger partial charge in [-0.15, -0.1) is 0 Å². The van der Waals surface area contributed by atoms with E-state index in [9.17, 15) is 19.8 Å². The van der Waals surface area contributed by atoms with Crippen LogP contribution < -0.4 is 10.6 Å². The number of esters is 1. The van der Waals surface area contributed by atoms with Gasteiger partial charge in [-0.3, -0.25) is 4.79 Å². The van der Waals surface area contributed by atoms with Gasteiger partial charge in [0.25, 0.3) is 5.95 Å². The van der Waals surface area contributed by atoms with Crippen molar-refractivity contribution in [3.63, 3.8) is 0 Å². The molecule has 3 heterocycles. The van der Waals surface area contributed by atoms with Gasteiger partial charge >= 0.3 is 5.97 Å². The Labute approximate surface area is 257 Å². The minimum absolute atomic E-state index is 0.0405. The first-order valence-electron chi connectivity index (χ1n) is 14.4. The molecule has 0 bridgehead atoms. The number of aliphatic hydroxyl groups is 3. The van der Waals surface area contributed by atoms with Crippen molar-refractivity contribution in [2.45, 2.75) is 36.6 Å². The molecule has 0 saturated heterocycles. The van der Waals surface area contributed by atoms with Crippen LogP contribution in [0.5, 0.6) is 0 Å². The maximum Gasteiger partial charge on any atom is 0.341 e. The van der Waals surface area contributed by atoms with Gasteiger partial charge in [0.15, 0.2) is 17.0 Å². The first-order valence-corrected chi connectivity index (χ1v) is 14.4. The van der Waals surface area contributed by atoms with Crippen molar-refractivity contribution in [3.05, 3.63) is 96.1 Å². The number of methoxy groups -OCH3 is 1. The number of benzene rings is 2. The van der Waals surface area contributed by atoms with Gasteiger partial charge in [0, 0.05) is 18.7 Å². The SMILES string of the molecule is COC(=O)c1cnn(-c2nc(NCC(c3ccccc3)c3ccccc3)c3ncn([C@@H]4C[C@H](NC(=O)CO)[C@@H](O)[C@H]4O)c3n2)c1. The van der Waals surface area contributed by atoms with Crippen LogP contribution in [0.25, 0.3) is 17.1 Å². The van der Waals surface area contributed by atoms with E-state index in [1.807, 2.05) is 36.4 Å². The van der Waals surface area contributed by atoms with Crippen LogP contribution in [0.2, 0.25) is 0 Å². The van der Waals surface area contributed by atoms with Crippen molar-refractivity contribution in [1.82, 2.24) is 34.6 Å². The van der Waals surface area contributed by atoms with Crippen molar-refractivity contribution in [3.8, 4) is 5.95 Å². The average Bonchev–Trinajstić information content (AvgIpc) is 3.80. The predicted molar refractivity (Wildman–Crippen MR) is 162 cm³/mol. The van der Waals surface area contributed by atoms with Gasteiger partial charge in [-0.05, 0) is 17.5 Å². The number of aliphatic hydroxyl groups excluding tert-OH is 3. The van der Waals surface area contributed by atoms with E-state index in [-0.39, 0.29) is 23.9 Å². The van der Waals surface area contributed by atoms with Crippen LogP contribution in [0.3, 0.4) is 0 Å². The number of ether oxygens (including phenoxy) is 1. The van der Waals surface area contributed by atoms with Crippen LogP contribution in [-0.2, 0) is 9.53 Å². The van der Waals surface area contributed by atoms with Crippen molar-refractivity contribution < 1.29 is 29.6 Å². The number of imidazole rings is 1. The van der Waals surface area contributed by atoms with E-state index in [4.69, 9.17) is 19.8 Å². The second-order valence-corrected chi connectivity index (χ2v) is 10.7. The predicted octanol–water partition coefficient (Wildman–Crippen LogP) is 1.19. The summed E-state index contributed by atoms with van der Waals surface area (Å²) in [6, 6.07) is 18.6. The van der Waals surface area contributed by atoms with Crippen LogP contribution >= 0.6 is 0 Å². The molecule has 1 aliphatic carbocycles. The maximum absolute atomic E-state index is 12.1. The van der Waals surface area contributed by atoms with Crippen LogP contribution in [0.4, 0.5) is 5.82 Å². The highest BCUT2D eigenvalue weighted by atomic mass is 16.5. The van der Waals surface area contributed by atoms with Gasteiger partial charge in [0.1, 0.15) is 18.8 Å². The van der Waals surface area contributed by atoms with Gasteiger partial charge < -0.3 is 35.3 Å². The number of nitrogens with one attached hydrogen (secondary N) is 2. The molecule has 0 spiro atoms. The standard InChI is InChI=1S/C31H32N8O6/c1-45-30(44)20-13-34-39(15-20)31-36-28(32-14-21(18-8-4-2-5-9-18)19-10-6-3-7-11-19)25-29(37-31)38(17-33-25)23-12-22(26(42)27(23)43)35-24(41)16-40/h2-11,13,15,17,21-23,26-27,40,42-43H,12,14,16H2,1H3,(H,35,41)(H,32,36,37)/t22-,23+,26+,27-/m0/s1. The molecule has 5 aromatic rings.